The standard InChI is InChI=1S/C14H23ClN2/c1-5-11(6-2)10-16-13-9-12(15)7-8-14(13)17(3)4/h7-9,11,16H,5-6,10H2,1-4H3. The Kier molecular flexibility index (Phi) is 5.63. The van der Waals surface area contributed by atoms with Gasteiger partial charge in [0.15, 0.2) is 0 Å². The van der Waals surface area contributed by atoms with Crippen LogP contribution in [0.2, 0.25) is 5.02 Å². The van der Waals surface area contributed by atoms with E-state index in [1.807, 2.05) is 26.2 Å². The molecule has 0 radical (unpaired) electrons. The van der Waals surface area contributed by atoms with E-state index in [0.717, 1.165) is 23.2 Å². The Morgan fingerprint density at radius 2 is 1.88 bits per heavy atom. The van der Waals surface area contributed by atoms with Crippen molar-refractivity contribution in [3.8, 4) is 0 Å². The van der Waals surface area contributed by atoms with E-state index in [4.69, 9.17) is 11.6 Å². The van der Waals surface area contributed by atoms with E-state index in [-0.39, 0.29) is 0 Å². The average Bonchev–Trinajstić information content (AvgIpc) is 2.30. The average molecular weight is 255 g/mol. The molecule has 0 aromatic heterocycles. The number of halogens is 1. The van der Waals surface area contributed by atoms with Crippen molar-refractivity contribution >= 4 is 23.0 Å². The molecule has 1 aromatic rings. The molecule has 0 saturated carbocycles. The molecule has 0 unspecified atom stereocenters. The predicted octanol–water partition coefficient (Wildman–Crippen LogP) is 4.25. The molecular formula is C14H23ClN2. The summed E-state index contributed by atoms with van der Waals surface area (Å²) in [6, 6.07) is 5.98. The number of rotatable bonds is 6. The third-order valence-corrected chi connectivity index (χ3v) is 3.41. The molecule has 1 aromatic carbocycles. The van der Waals surface area contributed by atoms with Crippen LogP contribution in [0, 0.1) is 5.92 Å². The molecule has 96 valence electrons. The summed E-state index contributed by atoms with van der Waals surface area (Å²) < 4.78 is 0. The molecule has 17 heavy (non-hydrogen) atoms. The molecule has 3 heteroatoms. The molecule has 0 atom stereocenters. The number of anilines is 2. The van der Waals surface area contributed by atoms with Crippen molar-refractivity contribution in [3.63, 3.8) is 0 Å². The highest BCUT2D eigenvalue weighted by molar-refractivity contribution is 6.31. The quantitative estimate of drug-likeness (QED) is 0.816. The summed E-state index contributed by atoms with van der Waals surface area (Å²) in [5, 5.41) is 4.29. The van der Waals surface area contributed by atoms with Gasteiger partial charge in [-0.1, -0.05) is 38.3 Å². The van der Waals surface area contributed by atoms with E-state index in [1.165, 1.54) is 18.5 Å². The molecule has 0 aliphatic heterocycles. The third kappa shape index (κ3) is 4.12. The summed E-state index contributed by atoms with van der Waals surface area (Å²) in [6.45, 7) is 5.48. The van der Waals surface area contributed by atoms with Crippen molar-refractivity contribution in [2.24, 2.45) is 5.92 Å². The molecule has 2 nitrogen and oxygen atoms in total. The number of benzene rings is 1. The SMILES string of the molecule is CCC(CC)CNc1cc(Cl)ccc1N(C)C. The Labute approximate surface area is 110 Å². The molecule has 0 amide bonds. The molecule has 0 fully saturated rings. The first-order valence-corrected chi connectivity index (χ1v) is 6.67. The Morgan fingerprint density at radius 1 is 1.24 bits per heavy atom. The zero-order valence-electron chi connectivity index (χ0n) is 11.3. The first kappa shape index (κ1) is 14.2. The van der Waals surface area contributed by atoms with Crippen LogP contribution < -0.4 is 10.2 Å². The lowest BCUT2D eigenvalue weighted by Gasteiger charge is -2.21. The summed E-state index contributed by atoms with van der Waals surface area (Å²) >= 11 is 6.05. The van der Waals surface area contributed by atoms with Gasteiger partial charge in [0.25, 0.3) is 0 Å². The number of nitrogens with one attached hydrogen (secondary N) is 1. The van der Waals surface area contributed by atoms with E-state index >= 15 is 0 Å². The second-order valence-corrected chi connectivity index (χ2v) is 5.06. The first-order chi connectivity index (χ1) is 8.08. The Hall–Kier alpha value is -0.890. The summed E-state index contributed by atoms with van der Waals surface area (Å²) in [5.74, 6) is 0.726. The van der Waals surface area contributed by atoms with Crippen LogP contribution >= 0.6 is 11.6 Å². The van der Waals surface area contributed by atoms with Gasteiger partial charge in [-0.3, -0.25) is 0 Å². The lowest BCUT2D eigenvalue weighted by molar-refractivity contribution is 0.519. The van der Waals surface area contributed by atoms with Gasteiger partial charge < -0.3 is 10.2 Å². The molecule has 0 saturated heterocycles. The fourth-order valence-electron chi connectivity index (χ4n) is 1.87. The molecule has 0 bridgehead atoms. The van der Waals surface area contributed by atoms with Crippen LogP contribution in [-0.2, 0) is 0 Å². The molecule has 0 heterocycles. The smallest absolute Gasteiger partial charge is 0.0597 e. The van der Waals surface area contributed by atoms with Crippen molar-refractivity contribution in [3.05, 3.63) is 23.2 Å². The minimum Gasteiger partial charge on any atom is -0.383 e. The lowest BCUT2D eigenvalue weighted by Crippen LogP contribution is -2.16. The monoisotopic (exact) mass is 254 g/mol. The molecular weight excluding hydrogens is 232 g/mol. The predicted molar refractivity (Wildman–Crippen MR) is 78.3 cm³/mol. The zero-order chi connectivity index (χ0) is 12.8. The van der Waals surface area contributed by atoms with Gasteiger partial charge in [-0.25, -0.2) is 0 Å². The van der Waals surface area contributed by atoms with Gasteiger partial charge in [0.1, 0.15) is 0 Å². The highest BCUT2D eigenvalue weighted by Crippen LogP contribution is 2.28. The molecule has 1 N–H and O–H groups in total. The van der Waals surface area contributed by atoms with Crippen molar-refractivity contribution in [1.82, 2.24) is 0 Å². The Bertz CT molecular complexity index is 346. The van der Waals surface area contributed by atoms with Crippen molar-refractivity contribution < 1.29 is 0 Å². The normalized spacial score (nSPS) is 10.7. The number of nitrogens with zero attached hydrogens (tertiary/aromatic N) is 1. The Morgan fingerprint density at radius 3 is 2.41 bits per heavy atom. The fourth-order valence-corrected chi connectivity index (χ4v) is 2.04. The van der Waals surface area contributed by atoms with Gasteiger partial charge in [-0.2, -0.15) is 0 Å². The van der Waals surface area contributed by atoms with Crippen LogP contribution in [-0.4, -0.2) is 20.6 Å². The minimum atomic E-state index is 0.726. The van der Waals surface area contributed by atoms with E-state index in [1.54, 1.807) is 0 Å². The van der Waals surface area contributed by atoms with Crippen LogP contribution in [0.4, 0.5) is 11.4 Å². The highest BCUT2D eigenvalue weighted by Gasteiger charge is 2.08. The maximum absolute atomic E-state index is 6.05. The molecule has 0 aliphatic carbocycles. The fraction of sp³-hybridized carbons (Fsp3) is 0.571. The van der Waals surface area contributed by atoms with E-state index in [0.29, 0.717) is 0 Å². The van der Waals surface area contributed by atoms with Crippen LogP contribution in [0.25, 0.3) is 0 Å². The van der Waals surface area contributed by atoms with Gasteiger partial charge in [0.2, 0.25) is 0 Å². The van der Waals surface area contributed by atoms with E-state index < -0.39 is 0 Å². The minimum absolute atomic E-state index is 0.726. The van der Waals surface area contributed by atoms with Crippen LogP contribution in [0.5, 0.6) is 0 Å². The maximum atomic E-state index is 6.05. The summed E-state index contributed by atoms with van der Waals surface area (Å²) in [4.78, 5) is 2.10. The number of hydrogen-bond acceptors (Lipinski definition) is 2. The van der Waals surface area contributed by atoms with Crippen LogP contribution in [0.15, 0.2) is 18.2 Å². The van der Waals surface area contributed by atoms with Gasteiger partial charge in [-0.15, -0.1) is 0 Å². The van der Waals surface area contributed by atoms with Crippen LogP contribution in [0.3, 0.4) is 0 Å². The van der Waals surface area contributed by atoms with E-state index in [9.17, 15) is 0 Å². The summed E-state index contributed by atoms with van der Waals surface area (Å²) in [5.41, 5.74) is 2.30. The second-order valence-electron chi connectivity index (χ2n) is 4.62. The lowest BCUT2D eigenvalue weighted by atomic mass is 10.0. The van der Waals surface area contributed by atoms with Gasteiger partial charge in [0.05, 0.1) is 11.4 Å². The zero-order valence-corrected chi connectivity index (χ0v) is 12.0. The van der Waals surface area contributed by atoms with Gasteiger partial charge >= 0.3 is 0 Å². The van der Waals surface area contributed by atoms with Crippen molar-refractivity contribution in [1.29, 1.82) is 0 Å². The molecule has 1 rings (SSSR count). The van der Waals surface area contributed by atoms with Gasteiger partial charge in [0, 0.05) is 25.7 Å². The third-order valence-electron chi connectivity index (χ3n) is 3.18. The molecule has 0 aliphatic rings. The van der Waals surface area contributed by atoms with Gasteiger partial charge in [-0.05, 0) is 24.1 Å². The maximum Gasteiger partial charge on any atom is 0.0597 e. The Balaban J connectivity index is 2.78. The summed E-state index contributed by atoms with van der Waals surface area (Å²) in [6.07, 6.45) is 2.42. The topological polar surface area (TPSA) is 15.3 Å². The van der Waals surface area contributed by atoms with Crippen molar-refractivity contribution in [2.45, 2.75) is 26.7 Å². The summed E-state index contributed by atoms with van der Waals surface area (Å²) in [7, 11) is 4.09. The molecule has 0 spiro atoms. The van der Waals surface area contributed by atoms with Crippen molar-refractivity contribution in [2.75, 3.05) is 30.9 Å². The van der Waals surface area contributed by atoms with E-state index in [2.05, 4.69) is 30.1 Å². The highest BCUT2D eigenvalue weighted by atomic mass is 35.5. The number of hydrogen-bond donors (Lipinski definition) is 1. The first-order valence-electron chi connectivity index (χ1n) is 6.29. The largest absolute Gasteiger partial charge is 0.383 e. The second kappa shape index (κ2) is 6.75. The van der Waals surface area contributed by atoms with Crippen LogP contribution in [0.1, 0.15) is 26.7 Å².